The molecule has 1 aromatic heterocycles. The van der Waals surface area contributed by atoms with E-state index in [2.05, 4.69) is 17.2 Å². The van der Waals surface area contributed by atoms with Crippen molar-refractivity contribution >= 4 is 0 Å². The third-order valence-electron chi connectivity index (χ3n) is 3.29. The van der Waals surface area contributed by atoms with Gasteiger partial charge in [-0.1, -0.05) is 30.3 Å². The molecule has 0 aliphatic carbocycles. The Bertz CT molecular complexity index is 505. The van der Waals surface area contributed by atoms with Gasteiger partial charge in [0.1, 0.15) is 0 Å². The van der Waals surface area contributed by atoms with Crippen molar-refractivity contribution in [1.82, 2.24) is 10.3 Å². The highest BCUT2D eigenvalue weighted by Gasteiger charge is 2.08. The molecule has 0 aliphatic rings. The summed E-state index contributed by atoms with van der Waals surface area (Å²) in [4.78, 5) is 4.00. The number of hydrogen-bond acceptors (Lipinski definition) is 4. The molecule has 1 heterocycles. The SMILES string of the molecule is CC(NCC(O)COCc1ccccc1)c1ccncc1. The van der Waals surface area contributed by atoms with Gasteiger partial charge < -0.3 is 15.2 Å². The fraction of sp³-hybridized carbons (Fsp3) is 0.353. The number of nitrogens with zero attached hydrogens (tertiary/aromatic N) is 1. The molecule has 0 fully saturated rings. The maximum absolute atomic E-state index is 9.92. The van der Waals surface area contributed by atoms with Gasteiger partial charge in [-0.3, -0.25) is 4.98 Å². The summed E-state index contributed by atoms with van der Waals surface area (Å²) in [7, 11) is 0. The summed E-state index contributed by atoms with van der Waals surface area (Å²) in [6.45, 7) is 3.41. The number of hydrogen-bond donors (Lipinski definition) is 2. The van der Waals surface area contributed by atoms with E-state index in [1.54, 1.807) is 12.4 Å². The fourth-order valence-electron chi connectivity index (χ4n) is 2.03. The predicted molar refractivity (Wildman–Crippen MR) is 82.8 cm³/mol. The first kappa shape index (κ1) is 15.6. The average Bonchev–Trinajstić information content (AvgIpc) is 2.54. The van der Waals surface area contributed by atoms with Crippen LogP contribution in [0.25, 0.3) is 0 Å². The molecule has 0 radical (unpaired) electrons. The van der Waals surface area contributed by atoms with E-state index in [-0.39, 0.29) is 6.04 Å². The Morgan fingerprint density at radius 3 is 2.57 bits per heavy atom. The van der Waals surface area contributed by atoms with Gasteiger partial charge >= 0.3 is 0 Å². The third-order valence-corrected chi connectivity index (χ3v) is 3.29. The monoisotopic (exact) mass is 286 g/mol. The lowest BCUT2D eigenvalue weighted by Gasteiger charge is -2.17. The van der Waals surface area contributed by atoms with Crippen molar-refractivity contribution in [2.75, 3.05) is 13.2 Å². The molecule has 0 bridgehead atoms. The van der Waals surface area contributed by atoms with E-state index in [9.17, 15) is 5.11 Å². The summed E-state index contributed by atoms with van der Waals surface area (Å²) in [6.07, 6.45) is 3.03. The van der Waals surface area contributed by atoms with Crippen LogP contribution in [-0.2, 0) is 11.3 Å². The van der Waals surface area contributed by atoms with E-state index >= 15 is 0 Å². The molecular weight excluding hydrogens is 264 g/mol. The molecule has 21 heavy (non-hydrogen) atoms. The van der Waals surface area contributed by atoms with Gasteiger partial charge in [0, 0.05) is 25.0 Å². The summed E-state index contributed by atoms with van der Waals surface area (Å²) in [6, 6.07) is 14.1. The number of nitrogens with one attached hydrogen (secondary N) is 1. The quantitative estimate of drug-likeness (QED) is 0.782. The predicted octanol–water partition coefficient (Wildman–Crippen LogP) is 2.31. The molecule has 112 valence electrons. The van der Waals surface area contributed by atoms with Gasteiger partial charge in [0.25, 0.3) is 0 Å². The highest BCUT2D eigenvalue weighted by Crippen LogP contribution is 2.09. The zero-order valence-corrected chi connectivity index (χ0v) is 12.3. The number of aliphatic hydroxyl groups is 1. The van der Waals surface area contributed by atoms with Gasteiger partial charge in [-0.25, -0.2) is 0 Å². The van der Waals surface area contributed by atoms with Crippen molar-refractivity contribution in [1.29, 1.82) is 0 Å². The second-order valence-corrected chi connectivity index (χ2v) is 5.07. The first-order valence-corrected chi connectivity index (χ1v) is 7.18. The molecule has 0 saturated heterocycles. The first-order chi connectivity index (χ1) is 10.3. The normalized spacial score (nSPS) is 13.8. The number of rotatable bonds is 8. The van der Waals surface area contributed by atoms with Crippen LogP contribution >= 0.6 is 0 Å². The largest absolute Gasteiger partial charge is 0.389 e. The van der Waals surface area contributed by atoms with Crippen LogP contribution in [0, 0.1) is 0 Å². The van der Waals surface area contributed by atoms with Gasteiger partial charge in [0.15, 0.2) is 0 Å². The number of pyridine rings is 1. The lowest BCUT2D eigenvalue weighted by atomic mass is 10.1. The van der Waals surface area contributed by atoms with Gasteiger partial charge in [-0.2, -0.15) is 0 Å². The molecule has 2 atom stereocenters. The molecule has 2 rings (SSSR count). The fourth-order valence-corrected chi connectivity index (χ4v) is 2.03. The van der Waals surface area contributed by atoms with Crippen LogP contribution in [0.3, 0.4) is 0 Å². The zero-order chi connectivity index (χ0) is 14.9. The highest BCUT2D eigenvalue weighted by atomic mass is 16.5. The van der Waals surface area contributed by atoms with E-state index < -0.39 is 6.10 Å². The van der Waals surface area contributed by atoms with E-state index in [1.807, 2.05) is 42.5 Å². The molecular formula is C17H22N2O2. The van der Waals surface area contributed by atoms with E-state index in [0.717, 1.165) is 11.1 Å². The Hall–Kier alpha value is -1.75. The second kappa shape index (κ2) is 8.52. The molecule has 4 nitrogen and oxygen atoms in total. The van der Waals surface area contributed by atoms with E-state index in [4.69, 9.17) is 4.74 Å². The number of aromatic nitrogens is 1. The molecule has 1 aromatic carbocycles. The topological polar surface area (TPSA) is 54.4 Å². The Morgan fingerprint density at radius 2 is 1.86 bits per heavy atom. The minimum atomic E-state index is -0.516. The van der Waals surface area contributed by atoms with Gasteiger partial charge in [0.05, 0.1) is 19.3 Å². The van der Waals surface area contributed by atoms with Crippen molar-refractivity contribution in [3.8, 4) is 0 Å². The van der Waals surface area contributed by atoms with Gasteiger partial charge in [-0.05, 0) is 30.2 Å². The summed E-state index contributed by atoms with van der Waals surface area (Å²) in [5.41, 5.74) is 2.27. The molecule has 0 amide bonds. The van der Waals surface area contributed by atoms with Crippen molar-refractivity contribution in [2.45, 2.75) is 25.7 Å². The molecule has 0 saturated carbocycles. The molecule has 2 N–H and O–H groups in total. The van der Waals surface area contributed by atoms with Crippen LogP contribution in [0.5, 0.6) is 0 Å². The van der Waals surface area contributed by atoms with Crippen molar-refractivity contribution in [2.24, 2.45) is 0 Å². The Kier molecular flexibility index (Phi) is 6.34. The van der Waals surface area contributed by atoms with Gasteiger partial charge in [0.2, 0.25) is 0 Å². The number of ether oxygens (including phenoxy) is 1. The molecule has 0 aliphatic heterocycles. The standard InChI is InChI=1S/C17H22N2O2/c1-14(16-7-9-18-10-8-16)19-11-17(20)13-21-12-15-5-3-2-4-6-15/h2-10,14,17,19-20H,11-13H2,1H3. The van der Waals surface area contributed by atoms with Crippen LogP contribution in [0.1, 0.15) is 24.1 Å². The summed E-state index contributed by atoms with van der Waals surface area (Å²) >= 11 is 0. The minimum Gasteiger partial charge on any atom is -0.389 e. The van der Waals surface area contributed by atoms with Crippen LogP contribution in [0.15, 0.2) is 54.9 Å². The van der Waals surface area contributed by atoms with Gasteiger partial charge in [-0.15, -0.1) is 0 Å². The molecule has 0 spiro atoms. The van der Waals surface area contributed by atoms with Crippen LogP contribution < -0.4 is 5.32 Å². The molecule has 2 unspecified atom stereocenters. The van der Waals surface area contributed by atoms with Crippen molar-refractivity contribution in [3.05, 3.63) is 66.0 Å². The Labute approximate surface area is 125 Å². The Balaban J connectivity index is 1.64. The van der Waals surface area contributed by atoms with E-state index in [0.29, 0.717) is 19.8 Å². The van der Waals surface area contributed by atoms with Crippen molar-refractivity contribution in [3.63, 3.8) is 0 Å². The molecule has 4 heteroatoms. The van der Waals surface area contributed by atoms with Crippen LogP contribution in [-0.4, -0.2) is 29.3 Å². The summed E-state index contributed by atoms with van der Waals surface area (Å²) in [5.74, 6) is 0. The highest BCUT2D eigenvalue weighted by molar-refractivity contribution is 5.14. The van der Waals surface area contributed by atoms with E-state index in [1.165, 1.54) is 0 Å². The zero-order valence-electron chi connectivity index (χ0n) is 12.3. The van der Waals surface area contributed by atoms with Crippen LogP contribution in [0.2, 0.25) is 0 Å². The number of benzene rings is 1. The summed E-state index contributed by atoms with van der Waals surface area (Å²) in [5, 5.41) is 13.2. The lowest BCUT2D eigenvalue weighted by Crippen LogP contribution is -2.32. The maximum Gasteiger partial charge on any atom is 0.0898 e. The number of aliphatic hydroxyl groups excluding tert-OH is 1. The minimum absolute atomic E-state index is 0.178. The summed E-state index contributed by atoms with van der Waals surface area (Å²) < 4.78 is 5.52. The maximum atomic E-state index is 9.92. The van der Waals surface area contributed by atoms with Crippen molar-refractivity contribution < 1.29 is 9.84 Å². The second-order valence-electron chi connectivity index (χ2n) is 5.07. The third kappa shape index (κ3) is 5.63. The first-order valence-electron chi connectivity index (χ1n) is 7.18. The average molecular weight is 286 g/mol. The molecule has 2 aromatic rings. The lowest BCUT2D eigenvalue weighted by molar-refractivity contribution is 0.0278. The van der Waals surface area contributed by atoms with Crippen LogP contribution in [0.4, 0.5) is 0 Å². The Morgan fingerprint density at radius 1 is 1.14 bits per heavy atom. The smallest absolute Gasteiger partial charge is 0.0898 e.